The van der Waals surface area contributed by atoms with Gasteiger partial charge in [-0.1, -0.05) is 25.3 Å². The fourth-order valence-electron chi connectivity index (χ4n) is 2.75. The Bertz CT molecular complexity index is 735. The summed E-state index contributed by atoms with van der Waals surface area (Å²) in [4.78, 5) is 0.174. The predicted molar refractivity (Wildman–Crippen MR) is 82.6 cm³/mol. The second-order valence-corrected chi connectivity index (χ2v) is 7.90. The molecule has 8 heteroatoms. The van der Waals surface area contributed by atoms with Gasteiger partial charge in [-0.2, -0.15) is 8.75 Å². The molecule has 1 saturated carbocycles. The van der Waals surface area contributed by atoms with Gasteiger partial charge >= 0.3 is 0 Å². The molecule has 0 spiro atoms. The van der Waals surface area contributed by atoms with Crippen LogP contribution in [0, 0.1) is 0 Å². The minimum absolute atomic E-state index is 0.174. The zero-order valence-corrected chi connectivity index (χ0v) is 13.2. The molecule has 0 unspecified atom stereocenters. The Labute approximate surface area is 128 Å². The lowest BCUT2D eigenvalue weighted by Gasteiger charge is -2.33. The average molecular weight is 326 g/mol. The van der Waals surface area contributed by atoms with Crippen molar-refractivity contribution in [3.63, 3.8) is 0 Å². The van der Waals surface area contributed by atoms with E-state index in [1.807, 2.05) is 0 Å². The van der Waals surface area contributed by atoms with Gasteiger partial charge in [0.15, 0.2) is 0 Å². The first-order chi connectivity index (χ1) is 10.0. The first-order valence-electron chi connectivity index (χ1n) is 7.00. The summed E-state index contributed by atoms with van der Waals surface area (Å²) in [6.45, 7) is 0.267. The van der Waals surface area contributed by atoms with Crippen molar-refractivity contribution in [2.75, 3.05) is 6.54 Å². The number of nitrogens with zero attached hydrogens (tertiary/aromatic N) is 2. The third-order valence-corrected chi connectivity index (χ3v) is 5.98. The number of rotatable bonds is 4. The molecule has 3 N–H and O–H groups in total. The zero-order valence-electron chi connectivity index (χ0n) is 11.6. The Hall–Kier alpha value is -1.09. The molecular weight excluding hydrogens is 308 g/mol. The molecule has 0 saturated heterocycles. The van der Waals surface area contributed by atoms with Gasteiger partial charge in [0, 0.05) is 12.1 Å². The SMILES string of the molecule is NC1(CNS(=O)(=O)c2cccc3nsnc23)CCCCC1. The standard InChI is InChI=1S/C13H18N4O2S2/c14-13(7-2-1-3-8-13)9-15-21(18,19)11-6-4-5-10-12(11)17-20-16-10/h4-6,15H,1-3,7-9,14H2. The first kappa shape index (κ1) is 14.8. The van der Waals surface area contributed by atoms with Crippen molar-refractivity contribution in [3.8, 4) is 0 Å². The Morgan fingerprint density at radius 3 is 2.76 bits per heavy atom. The van der Waals surface area contributed by atoms with E-state index in [9.17, 15) is 8.42 Å². The maximum atomic E-state index is 12.5. The fourth-order valence-corrected chi connectivity index (χ4v) is 4.65. The van der Waals surface area contributed by atoms with Crippen molar-refractivity contribution < 1.29 is 8.42 Å². The van der Waals surface area contributed by atoms with Gasteiger partial charge in [0.2, 0.25) is 10.0 Å². The maximum Gasteiger partial charge on any atom is 0.242 e. The first-order valence-corrected chi connectivity index (χ1v) is 9.21. The van der Waals surface area contributed by atoms with E-state index in [1.165, 1.54) is 6.42 Å². The highest BCUT2D eigenvalue weighted by Gasteiger charge is 2.30. The molecule has 1 aliphatic carbocycles. The molecular formula is C13H18N4O2S2. The number of hydrogen-bond acceptors (Lipinski definition) is 6. The largest absolute Gasteiger partial charge is 0.324 e. The summed E-state index contributed by atoms with van der Waals surface area (Å²) in [5.74, 6) is 0. The third-order valence-electron chi connectivity index (χ3n) is 4.00. The summed E-state index contributed by atoms with van der Waals surface area (Å²) < 4.78 is 35.8. The lowest BCUT2D eigenvalue weighted by molar-refractivity contribution is 0.296. The van der Waals surface area contributed by atoms with Gasteiger partial charge in [-0.25, -0.2) is 13.1 Å². The summed E-state index contributed by atoms with van der Waals surface area (Å²) in [5, 5.41) is 0. The van der Waals surface area contributed by atoms with Crippen LogP contribution >= 0.6 is 11.7 Å². The minimum Gasteiger partial charge on any atom is -0.324 e. The van der Waals surface area contributed by atoms with Crippen LogP contribution in [0.1, 0.15) is 32.1 Å². The van der Waals surface area contributed by atoms with Crippen LogP contribution in [0.25, 0.3) is 11.0 Å². The lowest BCUT2D eigenvalue weighted by Crippen LogP contribution is -2.51. The number of nitrogens with one attached hydrogen (secondary N) is 1. The second kappa shape index (κ2) is 5.60. The smallest absolute Gasteiger partial charge is 0.242 e. The molecule has 2 aromatic rings. The maximum absolute atomic E-state index is 12.5. The summed E-state index contributed by atoms with van der Waals surface area (Å²) in [6.07, 6.45) is 5.01. The van der Waals surface area contributed by atoms with Gasteiger partial charge in [0.25, 0.3) is 0 Å². The Morgan fingerprint density at radius 2 is 2.00 bits per heavy atom. The van der Waals surface area contributed by atoms with Crippen molar-refractivity contribution in [2.45, 2.75) is 42.5 Å². The molecule has 0 atom stereocenters. The number of fused-ring (bicyclic) bond motifs is 1. The van der Waals surface area contributed by atoms with Crippen LogP contribution in [0.3, 0.4) is 0 Å². The monoisotopic (exact) mass is 326 g/mol. The second-order valence-electron chi connectivity index (χ2n) is 5.64. The van der Waals surface area contributed by atoms with Crippen molar-refractivity contribution in [3.05, 3.63) is 18.2 Å². The van der Waals surface area contributed by atoms with E-state index in [1.54, 1.807) is 18.2 Å². The van der Waals surface area contributed by atoms with Crippen molar-refractivity contribution in [1.29, 1.82) is 0 Å². The zero-order chi connectivity index (χ0) is 14.9. The van der Waals surface area contributed by atoms with E-state index in [-0.39, 0.29) is 11.4 Å². The number of aromatic nitrogens is 2. The van der Waals surface area contributed by atoms with Crippen molar-refractivity contribution in [1.82, 2.24) is 13.5 Å². The van der Waals surface area contributed by atoms with Crippen LogP contribution in [0.2, 0.25) is 0 Å². The Balaban J connectivity index is 1.82. The summed E-state index contributed by atoms with van der Waals surface area (Å²) in [5.41, 5.74) is 6.87. The van der Waals surface area contributed by atoms with Gasteiger partial charge in [0.1, 0.15) is 15.9 Å². The van der Waals surface area contributed by atoms with Crippen LogP contribution in [0.5, 0.6) is 0 Å². The van der Waals surface area contributed by atoms with Gasteiger partial charge in [0.05, 0.1) is 11.7 Å². The molecule has 1 heterocycles. The van der Waals surface area contributed by atoms with E-state index < -0.39 is 15.6 Å². The molecule has 6 nitrogen and oxygen atoms in total. The number of nitrogens with two attached hydrogens (primary N) is 1. The molecule has 0 radical (unpaired) electrons. The van der Waals surface area contributed by atoms with E-state index in [0.717, 1.165) is 37.4 Å². The molecule has 21 heavy (non-hydrogen) atoms. The molecule has 1 aromatic heterocycles. The van der Waals surface area contributed by atoms with Crippen LogP contribution in [0.4, 0.5) is 0 Å². The molecule has 0 amide bonds. The van der Waals surface area contributed by atoms with Crippen LogP contribution < -0.4 is 10.5 Å². The van der Waals surface area contributed by atoms with Crippen LogP contribution in [-0.2, 0) is 10.0 Å². The molecule has 0 aliphatic heterocycles. The number of hydrogen-bond donors (Lipinski definition) is 2. The number of sulfonamides is 1. The fraction of sp³-hybridized carbons (Fsp3) is 0.538. The highest BCUT2D eigenvalue weighted by Crippen LogP contribution is 2.26. The quantitative estimate of drug-likeness (QED) is 0.890. The van der Waals surface area contributed by atoms with Crippen molar-refractivity contribution in [2.24, 2.45) is 5.73 Å². The molecule has 0 bridgehead atoms. The summed E-state index contributed by atoms with van der Waals surface area (Å²) in [7, 11) is -3.62. The normalized spacial score (nSPS) is 18.9. The van der Waals surface area contributed by atoms with Gasteiger partial charge < -0.3 is 5.73 Å². The van der Waals surface area contributed by atoms with E-state index in [0.29, 0.717) is 11.0 Å². The highest BCUT2D eigenvalue weighted by atomic mass is 32.2. The Morgan fingerprint density at radius 1 is 1.24 bits per heavy atom. The van der Waals surface area contributed by atoms with Crippen molar-refractivity contribution >= 4 is 32.8 Å². The molecule has 3 rings (SSSR count). The van der Waals surface area contributed by atoms with Crippen LogP contribution in [-0.4, -0.2) is 29.2 Å². The van der Waals surface area contributed by atoms with E-state index in [4.69, 9.17) is 5.73 Å². The predicted octanol–water partition coefficient (Wildman–Crippen LogP) is 1.63. The molecule has 114 valence electrons. The van der Waals surface area contributed by atoms with Gasteiger partial charge in [-0.15, -0.1) is 0 Å². The lowest BCUT2D eigenvalue weighted by atomic mass is 9.83. The van der Waals surface area contributed by atoms with E-state index in [2.05, 4.69) is 13.5 Å². The molecule has 1 fully saturated rings. The molecule has 1 aromatic carbocycles. The van der Waals surface area contributed by atoms with Crippen LogP contribution in [0.15, 0.2) is 23.1 Å². The topological polar surface area (TPSA) is 98.0 Å². The number of benzene rings is 1. The third kappa shape index (κ3) is 3.08. The van der Waals surface area contributed by atoms with Gasteiger partial charge in [-0.05, 0) is 25.0 Å². The van der Waals surface area contributed by atoms with Gasteiger partial charge in [-0.3, -0.25) is 0 Å². The average Bonchev–Trinajstić information content (AvgIpc) is 2.94. The Kier molecular flexibility index (Phi) is 3.96. The summed E-state index contributed by atoms with van der Waals surface area (Å²) in [6, 6.07) is 4.98. The minimum atomic E-state index is -3.62. The molecule has 1 aliphatic rings. The highest BCUT2D eigenvalue weighted by molar-refractivity contribution is 7.89. The van der Waals surface area contributed by atoms with E-state index >= 15 is 0 Å². The summed E-state index contributed by atoms with van der Waals surface area (Å²) >= 11 is 1.01.